The van der Waals surface area contributed by atoms with Crippen LogP contribution in [-0.4, -0.2) is 34.7 Å². The number of ether oxygens (including phenoxy) is 1. The number of amides is 1. The molecule has 1 fully saturated rings. The molecule has 1 saturated carbocycles. The number of carbonyl (C=O) groups is 1. The number of nitrogens with zero attached hydrogens (tertiary/aromatic N) is 1. The number of rotatable bonds is 5. The number of nitro benzene ring substituents is 1. The Kier molecular flexibility index (Phi) is 5.10. The zero-order chi connectivity index (χ0) is 15.2. The molecule has 7 nitrogen and oxygen atoms in total. The van der Waals surface area contributed by atoms with Crippen LogP contribution in [0.25, 0.3) is 0 Å². The van der Waals surface area contributed by atoms with E-state index in [1.54, 1.807) is 6.07 Å². The van der Waals surface area contributed by atoms with Gasteiger partial charge in [-0.15, -0.1) is 0 Å². The van der Waals surface area contributed by atoms with Crippen LogP contribution < -0.4 is 10.1 Å². The lowest BCUT2D eigenvalue weighted by atomic mass is 9.92. The van der Waals surface area contributed by atoms with Crippen molar-refractivity contribution in [1.82, 2.24) is 5.32 Å². The highest BCUT2D eigenvalue weighted by molar-refractivity contribution is 5.78. The summed E-state index contributed by atoms with van der Waals surface area (Å²) in [6.07, 6.45) is 2.80. The number of carbonyl (C=O) groups excluding carboxylic acids is 1. The van der Waals surface area contributed by atoms with Crippen molar-refractivity contribution in [2.75, 3.05) is 6.61 Å². The van der Waals surface area contributed by atoms with Crippen molar-refractivity contribution >= 4 is 11.6 Å². The average Bonchev–Trinajstić information content (AvgIpc) is 2.48. The zero-order valence-corrected chi connectivity index (χ0v) is 11.5. The number of aliphatic hydroxyl groups excluding tert-OH is 1. The normalized spacial score (nSPS) is 21.6. The Labute approximate surface area is 122 Å². The highest BCUT2D eigenvalue weighted by atomic mass is 16.6. The third kappa shape index (κ3) is 4.16. The van der Waals surface area contributed by atoms with Crippen molar-refractivity contribution in [1.29, 1.82) is 0 Å². The number of hydrogen-bond acceptors (Lipinski definition) is 5. The van der Waals surface area contributed by atoms with Gasteiger partial charge in [-0.1, -0.05) is 25.0 Å². The van der Waals surface area contributed by atoms with Crippen molar-refractivity contribution < 1.29 is 19.6 Å². The van der Waals surface area contributed by atoms with Crippen molar-refractivity contribution in [2.24, 2.45) is 0 Å². The Bertz CT molecular complexity index is 520. The Morgan fingerprint density at radius 2 is 2.10 bits per heavy atom. The summed E-state index contributed by atoms with van der Waals surface area (Å²) in [5, 5.41) is 23.3. The van der Waals surface area contributed by atoms with E-state index in [-0.39, 0.29) is 30.0 Å². The number of para-hydroxylation sites is 2. The average molecular weight is 294 g/mol. The fraction of sp³-hybridized carbons (Fsp3) is 0.500. The van der Waals surface area contributed by atoms with Crippen LogP contribution in [0.3, 0.4) is 0 Å². The van der Waals surface area contributed by atoms with Gasteiger partial charge in [0.2, 0.25) is 0 Å². The third-order valence-electron chi connectivity index (χ3n) is 3.50. The molecule has 1 amide bonds. The summed E-state index contributed by atoms with van der Waals surface area (Å²) < 4.78 is 5.20. The first-order chi connectivity index (χ1) is 10.1. The predicted octanol–water partition coefficient (Wildman–Crippen LogP) is 1.39. The van der Waals surface area contributed by atoms with Gasteiger partial charge < -0.3 is 15.2 Å². The molecule has 2 rings (SSSR count). The minimum absolute atomic E-state index is 0.0573. The highest BCUT2D eigenvalue weighted by Gasteiger charge is 2.24. The molecule has 1 aromatic carbocycles. The van der Waals surface area contributed by atoms with E-state index >= 15 is 0 Å². The summed E-state index contributed by atoms with van der Waals surface area (Å²) >= 11 is 0. The second-order valence-electron chi connectivity index (χ2n) is 5.04. The lowest BCUT2D eigenvalue weighted by Gasteiger charge is -2.28. The second kappa shape index (κ2) is 7.03. The number of nitro groups is 1. The minimum Gasteiger partial charge on any atom is -0.477 e. The van der Waals surface area contributed by atoms with E-state index in [0.717, 1.165) is 19.3 Å². The predicted molar refractivity (Wildman–Crippen MR) is 75.0 cm³/mol. The molecular weight excluding hydrogens is 276 g/mol. The van der Waals surface area contributed by atoms with Gasteiger partial charge >= 0.3 is 5.69 Å². The van der Waals surface area contributed by atoms with Crippen LogP contribution in [0.5, 0.6) is 5.75 Å². The van der Waals surface area contributed by atoms with Gasteiger partial charge in [0.1, 0.15) is 0 Å². The third-order valence-corrected chi connectivity index (χ3v) is 3.50. The standard InChI is InChI=1S/C14H18N2O5/c17-12-7-3-1-5-10(12)15-14(18)9-21-13-8-4-2-6-11(13)16(19)20/h2,4,6,8,10,12,17H,1,3,5,7,9H2,(H,15,18)/t10-,12-/m0/s1. The molecule has 7 heteroatoms. The Hall–Kier alpha value is -2.15. The molecule has 2 N–H and O–H groups in total. The molecule has 21 heavy (non-hydrogen) atoms. The fourth-order valence-electron chi connectivity index (χ4n) is 2.40. The van der Waals surface area contributed by atoms with Crippen molar-refractivity contribution in [3.8, 4) is 5.75 Å². The van der Waals surface area contributed by atoms with Gasteiger partial charge in [-0.05, 0) is 18.9 Å². The molecule has 0 aromatic heterocycles. The van der Waals surface area contributed by atoms with E-state index in [1.807, 2.05) is 0 Å². The van der Waals surface area contributed by atoms with Crippen molar-refractivity contribution in [3.63, 3.8) is 0 Å². The van der Waals surface area contributed by atoms with Gasteiger partial charge in [0.15, 0.2) is 12.4 Å². The number of aliphatic hydroxyl groups is 1. The lowest BCUT2D eigenvalue weighted by molar-refractivity contribution is -0.385. The highest BCUT2D eigenvalue weighted by Crippen LogP contribution is 2.25. The lowest BCUT2D eigenvalue weighted by Crippen LogP contribution is -2.46. The van der Waals surface area contributed by atoms with Gasteiger partial charge in [0.05, 0.1) is 17.1 Å². The largest absolute Gasteiger partial charge is 0.477 e. The Morgan fingerprint density at radius 3 is 2.81 bits per heavy atom. The molecule has 2 atom stereocenters. The number of nitrogens with one attached hydrogen (secondary N) is 1. The molecule has 0 spiro atoms. The smallest absolute Gasteiger partial charge is 0.310 e. The van der Waals surface area contributed by atoms with E-state index in [2.05, 4.69) is 5.32 Å². The van der Waals surface area contributed by atoms with Gasteiger partial charge in [0, 0.05) is 6.07 Å². The molecule has 0 saturated heterocycles. The first-order valence-electron chi connectivity index (χ1n) is 6.91. The first kappa shape index (κ1) is 15.2. The van der Waals surface area contributed by atoms with E-state index in [9.17, 15) is 20.0 Å². The fourth-order valence-corrected chi connectivity index (χ4v) is 2.40. The summed E-state index contributed by atoms with van der Waals surface area (Å²) in [5.41, 5.74) is -0.178. The molecule has 0 bridgehead atoms. The monoisotopic (exact) mass is 294 g/mol. The second-order valence-corrected chi connectivity index (χ2v) is 5.04. The maximum Gasteiger partial charge on any atom is 0.310 e. The summed E-state index contributed by atoms with van der Waals surface area (Å²) in [6.45, 7) is -0.311. The molecule has 0 unspecified atom stereocenters. The van der Waals surface area contributed by atoms with Crippen LogP contribution >= 0.6 is 0 Å². The van der Waals surface area contributed by atoms with Gasteiger partial charge in [-0.2, -0.15) is 0 Å². The van der Waals surface area contributed by atoms with Crippen LogP contribution in [0.1, 0.15) is 25.7 Å². The molecule has 1 aliphatic rings. The van der Waals surface area contributed by atoms with E-state index < -0.39 is 11.0 Å². The quantitative estimate of drug-likeness (QED) is 0.631. The maximum absolute atomic E-state index is 11.8. The Balaban J connectivity index is 1.88. The van der Waals surface area contributed by atoms with Crippen molar-refractivity contribution in [2.45, 2.75) is 37.8 Å². The number of benzene rings is 1. The summed E-state index contributed by atoms with van der Waals surface area (Å²) in [6, 6.07) is 5.63. The molecule has 1 aromatic rings. The first-order valence-corrected chi connectivity index (χ1v) is 6.91. The van der Waals surface area contributed by atoms with E-state index in [1.165, 1.54) is 18.2 Å². The zero-order valence-electron chi connectivity index (χ0n) is 11.5. The molecule has 1 aliphatic carbocycles. The van der Waals surface area contributed by atoms with Crippen LogP contribution in [-0.2, 0) is 4.79 Å². The van der Waals surface area contributed by atoms with Gasteiger partial charge in [0.25, 0.3) is 5.91 Å². The van der Waals surface area contributed by atoms with Crippen molar-refractivity contribution in [3.05, 3.63) is 34.4 Å². The SMILES string of the molecule is O=C(COc1ccccc1[N+](=O)[O-])N[C@H]1CCCC[C@@H]1O. The van der Waals surface area contributed by atoms with Crippen LogP contribution in [0.4, 0.5) is 5.69 Å². The molecule has 0 radical (unpaired) electrons. The summed E-state index contributed by atoms with van der Waals surface area (Å²) in [5.74, 6) is -0.332. The van der Waals surface area contributed by atoms with E-state index in [0.29, 0.717) is 6.42 Å². The molecule has 114 valence electrons. The summed E-state index contributed by atoms with van der Waals surface area (Å²) in [7, 11) is 0. The topological polar surface area (TPSA) is 102 Å². The maximum atomic E-state index is 11.8. The van der Waals surface area contributed by atoms with Crippen LogP contribution in [0.2, 0.25) is 0 Å². The van der Waals surface area contributed by atoms with Gasteiger partial charge in [-0.25, -0.2) is 0 Å². The summed E-state index contributed by atoms with van der Waals surface area (Å²) in [4.78, 5) is 22.1. The molecule has 0 aliphatic heterocycles. The van der Waals surface area contributed by atoms with Gasteiger partial charge in [-0.3, -0.25) is 14.9 Å². The molecule has 0 heterocycles. The number of hydrogen-bond donors (Lipinski definition) is 2. The van der Waals surface area contributed by atoms with Crippen LogP contribution in [0.15, 0.2) is 24.3 Å². The Morgan fingerprint density at radius 1 is 1.38 bits per heavy atom. The molecular formula is C14H18N2O5. The minimum atomic E-state index is -0.557. The van der Waals surface area contributed by atoms with E-state index in [4.69, 9.17) is 4.74 Å². The van der Waals surface area contributed by atoms with Crippen LogP contribution in [0, 0.1) is 10.1 Å².